The van der Waals surface area contributed by atoms with E-state index in [9.17, 15) is 14.0 Å². The Morgan fingerprint density at radius 2 is 1.82 bits per heavy atom. The van der Waals surface area contributed by atoms with E-state index < -0.39 is 11.5 Å². The normalized spacial score (nSPS) is 11.2. The minimum Gasteiger partial charge on any atom is -0.267 e. The van der Waals surface area contributed by atoms with Gasteiger partial charge in [-0.2, -0.15) is 5.10 Å². The number of fused-ring (bicyclic) bond motifs is 3. The molecule has 1 amide bonds. The molecule has 0 saturated carbocycles. The maximum absolute atomic E-state index is 13.4. The van der Waals surface area contributed by atoms with E-state index in [0.29, 0.717) is 28.2 Å². The molecule has 2 aromatic carbocycles. The van der Waals surface area contributed by atoms with Gasteiger partial charge in [-0.1, -0.05) is 30.7 Å². The van der Waals surface area contributed by atoms with Crippen LogP contribution < -0.4 is 11.0 Å². The lowest BCUT2D eigenvalue weighted by Crippen LogP contribution is -2.32. The number of carbonyl (C=O) groups excluding carboxylic acids is 1. The van der Waals surface area contributed by atoms with Gasteiger partial charge < -0.3 is 0 Å². The first kappa shape index (κ1) is 20.8. The first-order valence-corrected chi connectivity index (χ1v) is 10.6. The van der Waals surface area contributed by atoms with Crippen LogP contribution in [0.4, 0.5) is 4.39 Å². The molecule has 3 aromatic heterocycles. The van der Waals surface area contributed by atoms with E-state index in [1.165, 1.54) is 24.5 Å². The number of nitrogens with zero attached hydrogens (tertiary/aromatic N) is 4. The number of carbonyl (C=O) groups is 1. The van der Waals surface area contributed by atoms with Gasteiger partial charge in [0.05, 0.1) is 16.6 Å². The van der Waals surface area contributed by atoms with Crippen LogP contribution in [0.5, 0.6) is 0 Å². The van der Waals surface area contributed by atoms with Crippen molar-refractivity contribution in [1.29, 1.82) is 0 Å². The van der Waals surface area contributed by atoms with Crippen LogP contribution in [0.1, 0.15) is 23.0 Å². The SMILES string of the molecule is CCc1nn2c(ncc3c(=O)n(NC(=O)c4ccc(Cl)cc4)ccc32)c1-c1ccc(F)cc1. The maximum atomic E-state index is 13.4. The fourth-order valence-electron chi connectivity index (χ4n) is 3.74. The van der Waals surface area contributed by atoms with Gasteiger partial charge in [0, 0.05) is 28.5 Å². The Hall–Kier alpha value is -4.04. The van der Waals surface area contributed by atoms with Crippen LogP contribution in [-0.4, -0.2) is 25.2 Å². The number of hydrogen-bond donors (Lipinski definition) is 1. The van der Waals surface area contributed by atoms with Crippen LogP contribution in [0.2, 0.25) is 5.02 Å². The molecule has 0 radical (unpaired) electrons. The third kappa shape index (κ3) is 3.64. The molecule has 0 aliphatic carbocycles. The van der Waals surface area contributed by atoms with Crippen molar-refractivity contribution in [3.8, 4) is 11.1 Å². The highest BCUT2D eigenvalue weighted by molar-refractivity contribution is 6.30. The van der Waals surface area contributed by atoms with E-state index in [1.807, 2.05) is 6.92 Å². The zero-order valence-electron chi connectivity index (χ0n) is 17.4. The fraction of sp³-hybridized carbons (Fsp3) is 0.0833. The number of aryl methyl sites for hydroxylation is 1. The third-order valence-corrected chi connectivity index (χ3v) is 5.63. The molecule has 0 unspecified atom stereocenters. The van der Waals surface area contributed by atoms with Gasteiger partial charge in [-0.3, -0.25) is 15.0 Å². The third-order valence-electron chi connectivity index (χ3n) is 5.38. The van der Waals surface area contributed by atoms with Gasteiger partial charge in [0.15, 0.2) is 5.65 Å². The first-order chi connectivity index (χ1) is 16.0. The van der Waals surface area contributed by atoms with Crippen molar-refractivity contribution in [2.45, 2.75) is 13.3 Å². The van der Waals surface area contributed by atoms with E-state index >= 15 is 0 Å². The van der Waals surface area contributed by atoms with E-state index in [2.05, 4.69) is 15.5 Å². The topological polar surface area (TPSA) is 81.3 Å². The summed E-state index contributed by atoms with van der Waals surface area (Å²) in [4.78, 5) is 30.1. The average Bonchev–Trinajstić information content (AvgIpc) is 3.21. The largest absolute Gasteiger partial charge is 0.280 e. The highest BCUT2D eigenvalue weighted by atomic mass is 35.5. The Labute approximate surface area is 192 Å². The molecule has 9 heteroatoms. The molecule has 0 fully saturated rings. The van der Waals surface area contributed by atoms with Crippen LogP contribution >= 0.6 is 11.6 Å². The first-order valence-electron chi connectivity index (χ1n) is 10.2. The summed E-state index contributed by atoms with van der Waals surface area (Å²) in [6.07, 6.45) is 3.57. The standard InChI is InChI=1S/C24H17ClFN5O2/c1-2-19-21(14-5-9-17(26)10-6-14)22-27-13-18-20(31(22)28-19)11-12-30(24(18)33)29-23(32)15-3-7-16(25)8-4-15/h3-13H,2H2,1H3,(H,29,32). The lowest BCUT2D eigenvalue weighted by molar-refractivity contribution is 0.101. The van der Waals surface area contributed by atoms with Crippen LogP contribution in [0.3, 0.4) is 0 Å². The van der Waals surface area contributed by atoms with Crippen molar-refractivity contribution in [3.63, 3.8) is 0 Å². The summed E-state index contributed by atoms with van der Waals surface area (Å²) in [5.74, 6) is -0.777. The van der Waals surface area contributed by atoms with Crippen LogP contribution in [0.25, 0.3) is 27.7 Å². The lowest BCUT2D eigenvalue weighted by atomic mass is 10.0. The molecule has 7 nitrogen and oxygen atoms in total. The molecule has 0 saturated heterocycles. The Bertz CT molecular complexity index is 1570. The summed E-state index contributed by atoms with van der Waals surface area (Å²) in [6, 6.07) is 14.2. The maximum Gasteiger partial charge on any atom is 0.280 e. The summed E-state index contributed by atoms with van der Waals surface area (Å²) < 4.78 is 16.1. The lowest BCUT2D eigenvalue weighted by Gasteiger charge is -2.10. The van der Waals surface area contributed by atoms with E-state index in [0.717, 1.165) is 21.5 Å². The second kappa shape index (κ2) is 8.14. The average molecular weight is 462 g/mol. The van der Waals surface area contributed by atoms with Crippen molar-refractivity contribution >= 4 is 34.1 Å². The molecule has 164 valence electrons. The predicted molar refractivity (Wildman–Crippen MR) is 125 cm³/mol. The highest BCUT2D eigenvalue weighted by Crippen LogP contribution is 2.29. The van der Waals surface area contributed by atoms with Gasteiger partial charge in [-0.25, -0.2) is 18.6 Å². The van der Waals surface area contributed by atoms with E-state index in [4.69, 9.17) is 11.6 Å². The van der Waals surface area contributed by atoms with Gasteiger partial charge in [-0.15, -0.1) is 0 Å². The van der Waals surface area contributed by atoms with E-state index in [-0.39, 0.29) is 11.2 Å². The second-order valence-electron chi connectivity index (χ2n) is 7.41. The summed E-state index contributed by atoms with van der Waals surface area (Å²) >= 11 is 5.87. The number of hydrogen-bond acceptors (Lipinski definition) is 4. The highest BCUT2D eigenvalue weighted by Gasteiger charge is 2.18. The van der Waals surface area contributed by atoms with Crippen molar-refractivity contribution < 1.29 is 9.18 Å². The molecule has 0 atom stereocenters. The molecule has 0 aliphatic rings. The van der Waals surface area contributed by atoms with Crippen LogP contribution in [0, 0.1) is 5.82 Å². The van der Waals surface area contributed by atoms with Crippen LogP contribution in [0.15, 0.2) is 71.8 Å². The van der Waals surface area contributed by atoms with Crippen molar-refractivity contribution in [2.24, 2.45) is 0 Å². The number of amides is 1. The van der Waals surface area contributed by atoms with E-state index in [1.54, 1.807) is 47.0 Å². The summed E-state index contributed by atoms with van der Waals surface area (Å²) in [7, 11) is 0. The molecule has 5 rings (SSSR count). The minimum atomic E-state index is -0.451. The Morgan fingerprint density at radius 1 is 1.09 bits per heavy atom. The Morgan fingerprint density at radius 3 is 2.52 bits per heavy atom. The Kier molecular flexibility index (Phi) is 5.14. The fourth-order valence-corrected chi connectivity index (χ4v) is 3.86. The number of aromatic nitrogens is 4. The van der Waals surface area contributed by atoms with Gasteiger partial charge in [0.25, 0.3) is 11.5 Å². The van der Waals surface area contributed by atoms with Crippen molar-refractivity contribution in [1.82, 2.24) is 19.3 Å². The molecule has 1 N–H and O–H groups in total. The molecule has 3 heterocycles. The summed E-state index contributed by atoms with van der Waals surface area (Å²) in [5, 5.41) is 5.46. The number of nitrogens with one attached hydrogen (secondary N) is 1. The quantitative estimate of drug-likeness (QED) is 0.428. The molecule has 5 aromatic rings. The molecule has 0 aliphatic heterocycles. The molecular formula is C24H17ClFN5O2. The summed E-state index contributed by atoms with van der Waals surface area (Å²) in [6.45, 7) is 1.97. The zero-order valence-corrected chi connectivity index (χ0v) is 18.2. The second-order valence-corrected chi connectivity index (χ2v) is 7.85. The number of benzene rings is 2. The van der Waals surface area contributed by atoms with Gasteiger partial charge in [-0.05, 0) is 54.4 Å². The smallest absolute Gasteiger partial charge is 0.267 e. The van der Waals surface area contributed by atoms with Crippen molar-refractivity contribution in [3.05, 3.63) is 99.4 Å². The Balaban J connectivity index is 1.61. The number of rotatable bonds is 4. The molecular weight excluding hydrogens is 445 g/mol. The monoisotopic (exact) mass is 461 g/mol. The summed E-state index contributed by atoms with van der Waals surface area (Å²) in [5.41, 5.74) is 5.97. The van der Waals surface area contributed by atoms with Gasteiger partial charge in [0.1, 0.15) is 5.82 Å². The van der Waals surface area contributed by atoms with Gasteiger partial charge >= 0.3 is 0 Å². The van der Waals surface area contributed by atoms with Crippen molar-refractivity contribution in [2.75, 3.05) is 5.43 Å². The number of halogens is 2. The van der Waals surface area contributed by atoms with Gasteiger partial charge in [0.2, 0.25) is 0 Å². The molecule has 0 spiro atoms. The molecule has 33 heavy (non-hydrogen) atoms. The van der Waals surface area contributed by atoms with Crippen LogP contribution in [-0.2, 0) is 6.42 Å². The minimum absolute atomic E-state index is 0.289. The predicted octanol–water partition coefficient (Wildman–Crippen LogP) is 4.45. The number of pyridine rings is 1. The molecule has 0 bridgehead atoms. The zero-order chi connectivity index (χ0) is 23.1.